The molecule has 3 rings (SSSR count). The van der Waals surface area contributed by atoms with Crippen LogP contribution in [0.2, 0.25) is 0 Å². The minimum atomic E-state index is -1.04. The number of nitro groups is 1. The van der Waals surface area contributed by atoms with Crippen LogP contribution < -0.4 is 15.0 Å². The van der Waals surface area contributed by atoms with Gasteiger partial charge in [-0.1, -0.05) is 12.1 Å². The highest BCUT2D eigenvalue weighted by atomic mass is 16.6. The number of nitro benzene ring substituents is 1. The van der Waals surface area contributed by atoms with E-state index in [1.54, 1.807) is 12.1 Å². The van der Waals surface area contributed by atoms with Crippen molar-refractivity contribution >= 4 is 29.2 Å². The number of fused-ring (bicyclic) bond motifs is 1. The molecule has 0 bridgehead atoms. The average molecular weight is 385 g/mol. The van der Waals surface area contributed by atoms with Crippen LogP contribution in [-0.2, 0) is 16.1 Å². The number of esters is 1. The summed E-state index contributed by atoms with van der Waals surface area (Å²) in [6.07, 6.45) is 0. The number of carbonyl (C=O) groups is 3. The van der Waals surface area contributed by atoms with Gasteiger partial charge in [0.25, 0.3) is 5.69 Å². The number of hydrogen-bond donors (Lipinski definition) is 2. The molecule has 0 aliphatic carbocycles. The van der Waals surface area contributed by atoms with Crippen molar-refractivity contribution in [2.45, 2.75) is 6.54 Å². The summed E-state index contributed by atoms with van der Waals surface area (Å²) in [5.41, 5.74) is 1.05. The third-order valence-corrected chi connectivity index (χ3v) is 4.06. The van der Waals surface area contributed by atoms with Gasteiger partial charge in [-0.2, -0.15) is 0 Å². The summed E-state index contributed by atoms with van der Waals surface area (Å²) in [6, 6.07) is 9.90. The summed E-state index contributed by atoms with van der Waals surface area (Å²) in [6.45, 7) is -0.122. The van der Waals surface area contributed by atoms with Crippen LogP contribution in [0.15, 0.2) is 42.5 Å². The second-order valence-corrected chi connectivity index (χ2v) is 6.02. The Bertz CT molecular complexity index is 956. The van der Waals surface area contributed by atoms with E-state index in [9.17, 15) is 24.5 Å². The first-order valence-corrected chi connectivity index (χ1v) is 8.16. The van der Waals surface area contributed by atoms with E-state index in [2.05, 4.69) is 5.32 Å². The Hall–Kier alpha value is -3.95. The van der Waals surface area contributed by atoms with Crippen molar-refractivity contribution in [2.75, 3.05) is 18.0 Å². The van der Waals surface area contributed by atoms with Gasteiger partial charge in [0.2, 0.25) is 5.91 Å². The second kappa shape index (κ2) is 7.74. The third kappa shape index (κ3) is 4.23. The van der Waals surface area contributed by atoms with E-state index < -0.39 is 16.9 Å². The number of amides is 1. The molecule has 0 radical (unpaired) electrons. The Morgan fingerprint density at radius 1 is 1.21 bits per heavy atom. The fraction of sp³-hybridized carbons (Fsp3) is 0.167. The number of aromatic carboxylic acids is 1. The van der Waals surface area contributed by atoms with Crippen LogP contribution in [0.4, 0.5) is 11.4 Å². The van der Waals surface area contributed by atoms with Crippen LogP contribution in [0.3, 0.4) is 0 Å². The topological polar surface area (TPSA) is 139 Å². The Morgan fingerprint density at radius 2 is 1.93 bits per heavy atom. The molecule has 0 saturated carbocycles. The standard InChI is InChI=1S/C18H15N3O7/c22-16(19-8-11-1-3-12(4-2-11)18(24)25)9-20-10-17(23)28-15-7-13(21(26)27)5-6-14(15)20/h1-7H,8-10H2,(H,19,22)(H,24,25). The Kier molecular flexibility index (Phi) is 5.21. The number of rotatable bonds is 6. The van der Waals surface area contributed by atoms with E-state index in [1.807, 2.05) is 0 Å². The molecule has 1 amide bonds. The maximum absolute atomic E-state index is 12.2. The van der Waals surface area contributed by atoms with Gasteiger partial charge < -0.3 is 20.1 Å². The van der Waals surface area contributed by atoms with Gasteiger partial charge >= 0.3 is 11.9 Å². The molecule has 28 heavy (non-hydrogen) atoms. The number of carboxylic acid groups (broad SMARTS) is 1. The van der Waals surface area contributed by atoms with Gasteiger partial charge in [-0.15, -0.1) is 0 Å². The lowest BCUT2D eigenvalue weighted by atomic mass is 10.1. The highest BCUT2D eigenvalue weighted by Crippen LogP contribution is 2.34. The van der Waals surface area contributed by atoms with Crippen LogP contribution in [0.25, 0.3) is 0 Å². The highest BCUT2D eigenvalue weighted by Gasteiger charge is 2.27. The zero-order chi connectivity index (χ0) is 20.3. The highest BCUT2D eigenvalue weighted by molar-refractivity contribution is 5.90. The van der Waals surface area contributed by atoms with Crippen molar-refractivity contribution < 1.29 is 29.2 Å². The largest absolute Gasteiger partial charge is 0.478 e. The van der Waals surface area contributed by atoms with E-state index in [0.717, 1.165) is 6.07 Å². The van der Waals surface area contributed by atoms with E-state index in [4.69, 9.17) is 9.84 Å². The summed E-state index contributed by atoms with van der Waals surface area (Å²) >= 11 is 0. The SMILES string of the molecule is O=C(CN1CC(=O)Oc2cc([N+](=O)[O-])ccc21)NCc1ccc(C(=O)O)cc1. The van der Waals surface area contributed by atoms with Crippen LogP contribution >= 0.6 is 0 Å². The average Bonchev–Trinajstić information content (AvgIpc) is 2.66. The zero-order valence-corrected chi connectivity index (χ0v) is 14.5. The molecule has 0 atom stereocenters. The van der Waals surface area contributed by atoms with E-state index in [1.165, 1.54) is 29.2 Å². The van der Waals surface area contributed by atoms with Gasteiger partial charge in [0.05, 0.1) is 28.8 Å². The molecule has 144 valence electrons. The fourth-order valence-corrected chi connectivity index (χ4v) is 2.69. The van der Waals surface area contributed by atoms with E-state index in [-0.39, 0.29) is 42.5 Å². The van der Waals surface area contributed by atoms with Crippen molar-refractivity contribution in [1.29, 1.82) is 0 Å². The molecule has 10 nitrogen and oxygen atoms in total. The molecule has 0 saturated heterocycles. The van der Waals surface area contributed by atoms with Crippen molar-refractivity contribution in [3.63, 3.8) is 0 Å². The molecule has 2 N–H and O–H groups in total. The Morgan fingerprint density at radius 3 is 2.57 bits per heavy atom. The van der Waals surface area contributed by atoms with Crippen molar-refractivity contribution in [3.8, 4) is 5.75 Å². The number of nitrogens with one attached hydrogen (secondary N) is 1. The molecular weight excluding hydrogens is 370 g/mol. The maximum Gasteiger partial charge on any atom is 0.335 e. The predicted molar refractivity (Wildman–Crippen MR) is 96.2 cm³/mol. The molecule has 10 heteroatoms. The lowest BCUT2D eigenvalue weighted by molar-refractivity contribution is -0.384. The summed E-state index contributed by atoms with van der Waals surface area (Å²) in [4.78, 5) is 46.6. The van der Waals surface area contributed by atoms with Crippen LogP contribution in [-0.4, -0.2) is 41.0 Å². The van der Waals surface area contributed by atoms with E-state index in [0.29, 0.717) is 11.3 Å². The van der Waals surface area contributed by atoms with Crippen LogP contribution in [0.1, 0.15) is 15.9 Å². The van der Waals surface area contributed by atoms with Crippen LogP contribution in [0, 0.1) is 10.1 Å². The molecule has 0 unspecified atom stereocenters. The quantitative estimate of drug-likeness (QED) is 0.329. The molecule has 0 aromatic heterocycles. The first-order valence-electron chi connectivity index (χ1n) is 8.16. The lowest BCUT2D eigenvalue weighted by Gasteiger charge is -2.28. The number of carboxylic acids is 1. The molecule has 1 aliphatic rings. The van der Waals surface area contributed by atoms with E-state index >= 15 is 0 Å². The van der Waals surface area contributed by atoms with Crippen molar-refractivity contribution in [1.82, 2.24) is 5.32 Å². The Labute approximate surface area is 158 Å². The number of hydrogen-bond acceptors (Lipinski definition) is 7. The number of nitrogens with zero attached hydrogens (tertiary/aromatic N) is 2. The first kappa shape index (κ1) is 18.8. The van der Waals surface area contributed by atoms with Crippen LogP contribution in [0.5, 0.6) is 5.75 Å². The maximum atomic E-state index is 12.2. The van der Waals surface area contributed by atoms with Gasteiger partial charge in [0, 0.05) is 12.6 Å². The lowest BCUT2D eigenvalue weighted by Crippen LogP contribution is -2.43. The smallest absolute Gasteiger partial charge is 0.335 e. The first-order chi connectivity index (χ1) is 13.3. The third-order valence-electron chi connectivity index (χ3n) is 4.06. The number of anilines is 1. The predicted octanol–water partition coefficient (Wildman–Crippen LogP) is 1.33. The minimum absolute atomic E-state index is 0.0301. The zero-order valence-electron chi connectivity index (χ0n) is 14.5. The normalized spacial score (nSPS) is 12.7. The van der Waals surface area contributed by atoms with Gasteiger partial charge in [0.15, 0.2) is 5.75 Å². The van der Waals surface area contributed by atoms with Gasteiger partial charge in [0.1, 0.15) is 6.54 Å². The minimum Gasteiger partial charge on any atom is -0.478 e. The number of benzene rings is 2. The number of non-ortho nitro benzene ring substituents is 1. The molecule has 2 aromatic carbocycles. The second-order valence-electron chi connectivity index (χ2n) is 6.02. The molecular formula is C18H15N3O7. The van der Waals surface area contributed by atoms with Crippen molar-refractivity contribution in [3.05, 3.63) is 63.7 Å². The summed E-state index contributed by atoms with van der Waals surface area (Å²) in [5, 5.41) is 22.4. The molecule has 0 fully saturated rings. The van der Waals surface area contributed by atoms with Gasteiger partial charge in [-0.25, -0.2) is 9.59 Å². The number of carbonyl (C=O) groups excluding carboxylic acids is 2. The van der Waals surface area contributed by atoms with Crippen molar-refractivity contribution in [2.24, 2.45) is 0 Å². The molecule has 0 spiro atoms. The summed E-state index contributed by atoms with van der Waals surface area (Å²) in [5.74, 6) is -2.00. The number of ether oxygens (including phenoxy) is 1. The molecule has 1 aliphatic heterocycles. The van der Waals surface area contributed by atoms with Gasteiger partial charge in [-0.3, -0.25) is 14.9 Å². The molecule has 1 heterocycles. The summed E-state index contributed by atoms with van der Waals surface area (Å²) in [7, 11) is 0. The summed E-state index contributed by atoms with van der Waals surface area (Å²) < 4.78 is 5.03. The van der Waals surface area contributed by atoms with Gasteiger partial charge in [-0.05, 0) is 23.8 Å². The Balaban J connectivity index is 1.65. The monoisotopic (exact) mass is 385 g/mol. The fourth-order valence-electron chi connectivity index (χ4n) is 2.69. The molecule has 2 aromatic rings.